The largest absolute Gasteiger partial charge is 0.379 e. The molecule has 2 aromatic heterocycles. The summed E-state index contributed by atoms with van der Waals surface area (Å²) in [5.41, 5.74) is 0.991. The number of aromatic nitrogens is 4. The van der Waals surface area contributed by atoms with E-state index in [-0.39, 0.29) is 0 Å². The second-order valence-electron chi connectivity index (χ2n) is 4.63. The molecule has 0 unspecified atom stereocenters. The average Bonchev–Trinajstić information content (AvgIpc) is 2.82. The van der Waals surface area contributed by atoms with Gasteiger partial charge in [-0.3, -0.25) is 9.88 Å². The van der Waals surface area contributed by atoms with Gasteiger partial charge in [0.1, 0.15) is 5.82 Å². The van der Waals surface area contributed by atoms with Crippen molar-refractivity contribution in [2.45, 2.75) is 6.54 Å². The van der Waals surface area contributed by atoms with Gasteiger partial charge < -0.3 is 9.30 Å². The second-order valence-corrected chi connectivity index (χ2v) is 4.63. The monoisotopic (exact) mass is 259 g/mol. The Kier molecular flexibility index (Phi) is 3.52. The Bertz CT molecular complexity index is 533. The van der Waals surface area contributed by atoms with E-state index in [0.717, 1.165) is 50.1 Å². The third-order valence-electron chi connectivity index (χ3n) is 3.35. The summed E-state index contributed by atoms with van der Waals surface area (Å²) in [4.78, 5) is 6.45. The first-order valence-corrected chi connectivity index (χ1v) is 6.43. The highest BCUT2D eigenvalue weighted by molar-refractivity contribution is 5.53. The SMILES string of the molecule is Cn1c(CN2CCOCC2)nnc1-c1cccnc1. The van der Waals surface area contributed by atoms with Gasteiger partial charge in [-0.2, -0.15) is 0 Å². The molecule has 0 atom stereocenters. The lowest BCUT2D eigenvalue weighted by molar-refractivity contribution is 0.0326. The van der Waals surface area contributed by atoms with E-state index in [1.54, 1.807) is 6.20 Å². The zero-order chi connectivity index (χ0) is 13.1. The molecule has 100 valence electrons. The fourth-order valence-corrected chi connectivity index (χ4v) is 2.20. The molecule has 1 aliphatic rings. The molecule has 3 rings (SSSR count). The van der Waals surface area contributed by atoms with Gasteiger partial charge in [-0.15, -0.1) is 10.2 Å². The quantitative estimate of drug-likeness (QED) is 0.812. The van der Waals surface area contributed by atoms with Crippen LogP contribution in [0.3, 0.4) is 0 Å². The van der Waals surface area contributed by atoms with Crippen molar-refractivity contribution in [2.24, 2.45) is 7.05 Å². The molecule has 1 aliphatic heterocycles. The van der Waals surface area contributed by atoms with Crippen molar-refractivity contribution >= 4 is 0 Å². The zero-order valence-electron chi connectivity index (χ0n) is 11.0. The van der Waals surface area contributed by atoms with Crippen molar-refractivity contribution in [1.29, 1.82) is 0 Å². The van der Waals surface area contributed by atoms with Crippen LogP contribution in [0.2, 0.25) is 0 Å². The Hall–Kier alpha value is -1.79. The minimum absolute atomic E-state index is 0.799. The number of hydrogen-bond acceptors (Lipinski definition) is 5. The van der Waals surface area contributed by atoms with Crippen LogP contribution in [-0.4, -0.2) is 51.0 Å². The van der Waals surface area contributed by atoms with Gasteiger partial charge in [0.15, 0.2) is 5.82 Å². The van der Waals surface area contributed by atoms with Gasteiger partial charge in [-0.1, -0.05) is 0 Å². The summed E-state index contributed by atoms with van der Waals surface area (Å²) in [5, 5.41) is 8.56. The van der Waals surface area contributed by atoms with Gasteiger partial charge in [0.25, 0.3) is 0 Å². The molecule has 1 fully saturated rings. The Morgan fingerprint density at radius 2 is 2.11 bits per heavy atom. The van der Waals surface area contributed by atoms with Gasteiger partial charge >= 0.3 is 0 Å². The van der Waals surface area contributed by atoms with E-state index in [1.165, 1.54) is 0 Å². The molecule has 3 heterocycles. The average molecular weight is 259 g/mol. The van der Waals surface area contributed by atoms with Crippen LogP contribution < -0.4 is 0 Å². The maximum Gasteiger partial charge on any atom is 0.165 e. The minimum Gasteiger partial charge on any atom is -0.379 e. The van der Waals surface area contributed by atoms with Gasteiger partial charge in [0, 0.05) is 38.1 Å². The van der Waals surface area contributed by atoms with Gasteiger partial charge in [0.2, 0.25) is 0 Å². The summed E-state index contributed by atoms with van der Waals surface area (Å²) in [6.45, 7) is 4.32. The normalized spacial score (nSPS) is 16.7. The van der Waals surface area contributed by atoms with E-state index in [4.69, 9.17) is 4.74 Å². The lowest BCUT2D eigenvalue weighted by atomic mass is 10.3. The van der Waals surface area contributed by atoms with E-state index in [0.29, 0.717) is 0 Å². The molecule has 0 spiro atoms. The summed E-state index contributed by atoms with van der Waals surface area (Å²) in [7, 11) is 2.00. The van der Waals surface area contributed by atoms with Gasteiger partial charge in [-0.05, 0) is 12.1 Å². The highest BCUT2D eigenvalue weighted by atomic mass is 16.5. The van der Waals surface area contributed by atoms with E-state index in [9.17, 15) is 0 Å². The molecule has 0 bridgehead atoms. The van der Waals surface area contributed by atoms with Crippen molar-refractivity contribution in [3.05, 3.63) is 30.4 Å². The summed E-state index contributed by atoms with van der Waals surface area (Å²) in [6, 6.07) is 3.90. The molecule has 19 heavy (non-hydrogen) atoms. The molecule has 1 saturated heterocycles. The van der Waals surface area contributed by atoms with Crippen LogP contribution in [0, 0.1) is 0 Å². The number of hydrogen-bond donors (Lipinski definition) is 0. The van der Waals surface area contributed by atoms with E-state index >= 15 is 0 Å². The first kappa shape index (κ1) is 12.3. The lowest BCUT2D eigenvalue weighted by Gasteiger charge is -2.25. The number of pyridine rings is 1. The highest BCUT2D eigenvalue weighted by Crippen LogP contribution is 2.16. The molecular formula is C13H17N5O. The molecule has 0 amide bonds. The summed E-state index contributed by atoms with van der Waals surface area (Å²) >= 11 is 0. The van der Waals surface area contributed by atoms with Crippen LogP contribution in [-0.2, 0) is 18.3 Å². The molecule has 6 heteroatoms. The van der Waals surface area contributed by atoms with Crippen LogP contribution in [0.5, 0.6) is 0 Å². The van der Waals surface area contributed by atoms with Crippen LogP contribution in [0.1, 0.15) is 5.82 Å². The Morgan fingerprint density at radius 3 is 2.84 bits per heavy atom. The van der Waals surface area contributed by atoms with Crippen LogP contribution in [0.15, 0.2) is 24.5 Å². The predicted molar refractivity (Wildman–Crippen MR) is 70.3 cm³/mol. The standard InChI is InChI=1S/C13H17N5O/c1-17-12(10-18-5-7-19-8-6-18)15-16-13(17)11-3-2-4-14-9-11/h2-4,9H,5-8,10H2,1H3. The molecule has 0 radical (unpaired) electrons. The van der Waals surface area contributed by atoms with E-state index in [1.807, 2.05) is 29.9 Å². The first-order chi connectivity index (χ1) is 9.34. The molecule has 6 nitrogen and oxygen atoms in total. The highest BCUT2D eigenvalue weighted by Gasteiger charge is 2.16. The number of nitrogens with zero attached hydrogens (tertiary/aromatic N) is 5. The van der Waals surface area contributed by atoms with Gasteiger partial charge in [-0.25, -0.2) is 0 Å². The fraction of sp³-hybridized carbons (Fsp3) is 0.462. The zero-order valence-corrected chi connectivity index (χ0v) is 11.0. The van der Waals surface area contributed by atoms with Crippen molar-refractivity contribution in [1.82, 2.24) is 24.6 Å². The lowest BCUT2D eigenvalue weighted by Crippen LogP contribution is -2.36. The molecule has 0 aliphatic carbocycles. The van der Waals surface area contributed by atoms with Crippen LogP contribution in [0.4, 0.5) is 0 Å². The van der Waals surface area contributed by atoms with E-state index in [2.05, 4.69) is 20.1 Å². The predicted octanol–water partition coefficient (Wildman–Crippen LogP) is 0.709. The number of rotatable bonds is 3. The maximum absolute atomic E-state index is 5.35. The molecule has 0 N–H and O–H groups in total. The molecular weight excluding hydrogens is 242 g/mol. The van der Waals surface area contributed by atoms with Crippen molar-refractivity contribution in [2.75, 3.05) is 26.3 Å². The smallest absolute Gasteiger partial charge is 0.165 e. The Balaban J connectivity index is 1.79. The molecule has 0 saturated carbocycles. The fourth-order valence-electron chi connectivity index (χ4n) is 2.20. The van der Waals surface area contributed by atoms with Crippen molar-refractivity contribution in [3.8, 4) is 11.4 Å². The maximum atomic E-state index is 5.35. The third-order valence-corrected chi connectivity index (χ3v) is 3.35. The topological polar surface area (TPSA) is 56.1 Å². The molecule has 0 aromatic carbocycles. The number of ether oxygens (including phenoxy) is 1. The van der Waals surface area contributed by atoms with E-state index < -0.39 is 0 Å². The van der Waals surface area contributed by atoms with Crippen LogP contribution in [0.25, 0.3) is 11.4 Å². The Morgan fingerprint density at radius 1 is 1.26 bits per heavy atom. The third kappa shape index (κ3) is 2.64. The minimum atomic E-state index is 0.799. The summed E-state index contributed by atoms with van der Waals surface area (Å²) in [6.07, 6.45) is 3.57. The van der Waals surface area contributed by atoms with Crippen molar-refractivity contribution in [3.63, 3.8) is 0 Å². The Labute approximate surface area is 112 Å². The van der Waals surface area contributed by atoms with Gasteiger partial charge in [0.05, 0.1) is 19.8 Å². The second kappa shape index (κ2) is 5.46. The van der Waals surface area contributed by atoms with Crippen LogP contribution >= 0.6 is 0 Å². The first-order valence-electron chi connectivity index (χ1n) is 6.43. The summed E-state index contributed by atoms with van der Waals surface area (Å²) in [5.74, 6) is 1.83. The number of morpholine rings is 1. The van der Waals surface area contributed by atoms with Crippen molar-refractivity contribution < 1.29 is 4.74 Å². The molecule has 2 aromatic rings. The summed E-state index contributed by atoms with van der Waals surface area (Å²) < 4.78 is 7.38.